The smallest absolute Gasteiger partial charge is 0.226 e. The van der Waals surface area contributed by atoms with Crippen LogP contribution in [0.3, 0.4) is 0 Å². The summed E-state index contributed by atoms with van der Waals surface area (Å²) in [4.78, 5) is 24.3. The molecule has 0 atom stereocenters. The second kappa shape index (κ2) is 8.62. The Hall–Kier alpha value is -2.67. The molecule has 0 fully saturated rings. The quantitative estimate of drug-likeness (QED) is 0.444. The fourth-order valence-corrected chi connectivity index (χ4v) is 2.85. The van der Waals surface area contributed by atoms with Crippen molar-refractivity contribution in [3.63, 3.8) is 0 Å². The van der Waals surface area contributed by atoms with Gasteiger partial charge in [-0.3, -0.25) is 4.79 Å². The molecule has 0 saturated carbocycles. The summed E-state index contributed by atoms with van der Waals surface area (Å²) in [6, 6.07) is 13.3. The fourth-order valence-electron chi connectivity index (χ4n) is 2.36. The molecule has 0 saturated heterocycles. The lowest BCUT2D eigenvalue weighted by molar-refractivity contribution is -0.116. The summed E-state index contributed by atoms with van der Waals surface area (Å²) in [7, 11) is 0. The number of aromatic nitrogens is 2. The lowest BCUT2D eigenvalue weighted by Crippen LogP contribution is -2.12. The number of rotatable bonds is 6. The van der Waals surface area contributed by atoms with E-state index in [0.717, 1.165) is 21.1 Å². The van der Waals surface area contributed by atoms with Crippen molar-refractivity contribution >= 4 is 67.3 Å². The predicted octanol–water partition coefficient (Wildman–Crippen LogP) is 4.57. The number of halogens is 1. The lowest BCUT2D eigenvalue weighted by atomic mass is 10.2. The molecule has 130 valence electrons. The number of thiocarbonyl (C=S) groups is 1. The van der Waals surface area contributed by atoms with Gasteiger partial charge in [0.15, 0.2) is 0 Å². The number of fused-ring (bicyclic) bond motifs is 1. The zero-order chi connectivity index (χ0) is 18.4. The van der Waals surface area contributed by atoms with Crippen LogP contribution in [0.1, 0.15) is 6.42 Å². The molecule has 26 heavy (non-hydrogen) atoms. The second-order valence-corrected chi connectivity index (χ2v) is 6.46. The van der Waals surface area contributed by atoms with Gasteiger partial charge in [0.1, 0.15) is 12.1 Å². The summed E-state index contributed by atoms with van der Waals surface area (Å²) in [6.45, 7) is 0.321. The average Bonchev–Trinajstić information content (AvgIpc) is 2.62. The molecule has 6 nitrogen and oxygen atoms in total. The van der Waals surface area contributed by atoms with Crippen molar-refractivity contribution in [3.8, 4) is 0 Å². The van der Waals surface area contributed by atoms with Gasteiger partial charge in [0.2, 0.25) is 5.91 Å². The van der Waals surface area contributed by atoms with Crippen LogP contribution in [0.2, 0.25) is 0 Å². The van der Waals surface area contributed by atoms with Gasteiger partial charge in [0.05, 0.1) is 17.2 Å². The number of carbonyl (C=O) groups excluding carboxylic acids is 1. The van der Waals surface area contributed by atoms with Crippen LogP contribution in [-0.2, 0) is 4.79 Å². The van der Waals surface area contributed by atoms with Crippen molar-refractivity contribution in [2.75, 3.05) is 17.2 Å². The van der Waals surface area contributed by atoms with Crippen LogP contribution in [0, 0.1) is 0 Å². The van der Waals surface area contributed by atoms with Crippen molar-refractivity contribution in [3.05, 3.63) is 53.3 Å². The van der Waals surface area contributed by atoms with Gasteiger partial charge in [-0.05, 0) is 48.6 Å². The molecule has 0 spiro atoms. The molecule has 0 bridgehead atoms. The van der Waals surface area contributed by atoms with Crippen LogP contribution in [0.25, 0.3) is 10.9 Å². The summed E-state index contributed by atoms with van der Waals surface area (Å²) < 4.78 is 0.966. The Bertz CT molecular complexity index is 1000. The minimum atomic E-state index is -0.142. The van der Waals surface area contributed by atoms with Crippen molar-refractivity contribution < 1.29 is 4.79 Å². The molecule has 1 amide bonds. The van der Waals surface area contributed by atoms with Crippen LogP contribution in [0.4, 0.5) is 17.2 Å². The van der Waals surface area contributed by atoms with E-state index >= 15 is 0 Å². The monoisotopic (exact) mass is 427 g/mol. The molecule has 0 aliphatic rings. The predicted molar refractivity (Wildman–Crippen MR) is 110 cm³/mol. The van der Waals surface area contributed by atoms with E-state index in [1.54, 1.807) is 6.07 Å². The molecular formula is C18H14BrN5OS. The number of nitrogens with one attached hydrogen (secondary N) is 2. The van der Waals surface area contributed by atoms with E-state index in [1.165, 1.54) is 6.33 Å². The number of carbonyl (C=O) groups is 1. The normalized spacial score (nSPS) is 10.2. The summed E-state index contributed by atoms with van der Waals surface area (Å²) in [6.07, 6.45) is 1.75. The Morgan fingerprint density at radius 3 is 2.88 bits per heavy atom. The van der Waals surface area contributed by atoms with Crippen LogP contribution < -0.4 is 10.6 Å². The SMILES string of the molecule is O=C(CCN=C=S)Nc1ccc2ncnc(Nc3cccc(Br)c3)c2c1. The maximum atomic E-state index is 12.0. The number of nitrogens with zero attached hydrogens (tertiary/aromatic N) is 3. The third-order valence-electron chi connectivity index (χ3n) is 3.52. The van der Waals surface area contributed by atoms with Gasteiger partial charge in [-0.2, -0.15) is 0 Å². The number of benzene rings is 2. The number of anilines is 3. The first-order chi connectivity index (χ1) is 12.7. The van der Waals surface area contributed by atoms with Crippen LogP contribution in [-0.4, -0.2) is 27.6 Å². The molecule has 0 aliphatic carbocycles. The van der Waals surface area contributed by atoms with Crippen molar-refractivity contribution in [1.82, 2.24) is 9.97 Å². The van der Waals surface area contributed by atoms with Gasteiger partial charge in [0.25, 0.3) is 0 Å². The topological polar surface area (TPSA) is 79.3 Å². The second-order valence-electron chi connectivity index (χ2n) is 5.36. The van der Waals surface area contributed by atoms with Gasteiger partial charge in [0, 0.05) is 27.7 Å². The van der Waals surface area contributed by atoms with E-state index in [1.807, 2.05) is 36.4 Å². The largest absolute Gasteiger partial charge is 0.340 e. The molecule has 3 rings (SSSR count). The number of aliphatic imine (C=N–C) groups is 1. The van der Waals surface area contributed by atoms with Crippen molar-refractivity contribution in [2.24, 2.45) is 4.99 Å². The van der Waals surface area contributed by atoms with Gasteiger partial charge in [-0.1, -0.05) is 22.0 Å². The molecule has 1 aromatic heterocycles. The first-order valence-electron chi connectivity index (χ1n) is 7.76. The van der Waals surface area contributed by atoms with E-state index in [0.29, 0.717) is 18.1 Å². The van der Waals surface area contributed by atoms with E-state index in [9.17, 15) is 4.79 Å². The third-order valence-corrected chi connectivity index (χ3v) is 4.14. The molecule has 3 aromatic rings. The Kier molecular flexibility index (Phi) is 6.01. The van der Waals surface area contributed by atoms with Gasteiger partial charge >= 0.3 is 0 Å². The Balaban J connectivity index is 1.85. The van der Waals surface area contributed by atoms with E-state index in [2.05, 4.69) is 58.9 Å². The summed E-state index contributed by atoms with van der Waals surface area (Å²) in [5.74, 6) is 0.520. The highest BCUT2D eigenvalue weighted by atomic mass is 79.9. The highest BCUT2D eigenvalue weighted by Gasteiger charge is 2.08. The Morgan fingerprint density at radius 2 is 2.08 bits per heavy atom. The zero-order valence-electron chi connectivity index (χ0n) is 13.6. The Morgan fingerprint density at radius 1 is 1.19 bits per heavy atom. The first kappa shape index (κ1) is 18.1. The van der Waals surface area contributed by atoms with Gasteiger partial charge in [-0.25, -0.2) is 15.0 Å². The number of amides is 1. The van der Waals surface area contributed by atoms with Crippen LogP contribution >= 0.6 is 28.1 Å². The highest BCUT2D eigenvalue weighted by molar-refractivity contribution is 9.10. The first-order valence-corrected chi connectivity index (χ1v) is 8.96. The fraction of sp³-hybridized carbons (Fsp3) is 0.111. The molecule has 0 aliphatic heterocycles. The van der Waals surface area contributed by atoms with Gasteiger partial charge in [-0.15, -0.1) is 0 Å². The molecule has 2 N–H and O–H groups in total. The van der Waals surface area contributed by atoms with Crippen LogP contribution in [0.15, 0.2) is 58.3 Å². The zero-order valence-corrected chi connectivity index (χ0v) is 16.0. The number of hydrogen-bond acceptors (Lipinski definition) is 6. The van der Waals surface area contributed by atoms with Crippen LogP contribution in [0.5, 0.6) is 0 Å². The Labute approximate surface area is 163 Å². The molecule has 0 radical (unpaired) electrons. The maximum Gasteiger partial charge on any atom is 0.226 e. The van der Waals surface area contributed by atoms with Gasteiger partial charge < -0.3 is 10.6 Å². The lowest BCUT2D eigenvalue weighted by Gasteiger charge is -2.10. The van der Waals surface area contributed by atoms with Crippen molar-refractivity contribution in [2.45, 2.75) is 6.42 Å². The summed E-state index contributed by atoms with van der Waals surface area (Å²) in [5.41, 5.74) is 2.34. The minimum Gasteiger partial charge on any atom is -0.340 e. The molecule has 8 heteroatoms. The highest BCUT2D eigenvalue weighted by Crippen LogP contribution is 2.26. The summed E-state index contributed by atoms with van der Waals surface area (Å²) in [5, 5.41) is 9.18. The maximum absolute atomic E-state index is 12.0. The molecule has 2 aromatic carbocycles. The number of hydrogen-bond donors (Lipinski definition) is 2. The third kappa shape index (κ3) is 4.70. The number of isothiocyanates is 1. The minimum absolute atomic E-state index is 0.142. The van der Waals surface area contributed by atoms with E-state index < -0.39 is 0 Å². The summed E-state index contributed by atoms with van der Waals surface area (Å²) >= 11 is 7.94. The average molecular weight is 428 g/mol. The molecule has 0 unspecified atom stereocenters. The molecular weight excluding hydrogens is 414 g/mol. The molecule has 1 heterocycles. The van der Waals surface area contributed by atoms with Crippen molar-refractivity contribution in [1.29, 1.82) is 0 Å². The standard InChI is InChI=1S/C18H14BrN5OS/c19-12-2-1-3-13(8-12)24-18-15-9-14(4-5-16(15)21-10-22-18)23-17(25)6-7-20-11-26/h1-5,8-10H,6-7H2,(H,23,25)(H,21,22,24). The van der Waals surface area contributed by atoms with E-state index in [-0.39, 0.29) is 12.3 Å². The van der Waals surface area contributed by atoms with E-state index in [4.69, 9.17) is 0 Å².